The number of imide groups is 1. The molecular formula is C11H9FN2O3. The third-order valence-electron chi connectivity index (χ3n) is 2.45. The summed E-state index contributed by atoms with van der Waals surface area (Å²) in [6.45, 7) is 0.127. The molecule has 0 radical (unpaired) electrons. The van der Waals surface area contributed by atoms with Gasteiger partial charge in [0.25, 0.3) is 0 Å². The summed E-state index contributed by atoms with van der Waals surface area (Å²) in [5.41, 5.74) is 0.250. The molecule has 0 spiro atoms. The number of benzene rings is 1. The van der Waals surface area contributed by atoms with E-state index in [0.29, 0.717) is 6.29 Å². The second-order valence-electron chi connectivity index (χ2n) is 3.58. The summed E-state index contributed by atoms with van der Waals surface area (Å²) in [7, 11) is 0. The van der Waals surface area contributed by atoms with Gasteiger partial charge in [-0.05, 0) is 18.2 Å². The Morgan fingerprint density at radius 3 is 2.71 bits per heavy atom. The molecule has 3 amide bonds. The standard InChI is InChI=1S/C11H9FN2O3/c12-8-5-7(6-15)1-2-9(8)14-4-3-10(16)13-11(14)17/h1-2,5-6H,3-4H2,(H,13,16,17). The van der Waals surface area contributed by atoms with Gasteiger partial charge in [0.1, 0.15) is 12.1 Å². The van der Waals surface area contributed by atoms with Crippen molar-refractivity contribution < 1.29 is 18.8 Å². The number of carbonyl (C=O) groups excluding carboxylic acids is 3. The van der Waals surface area contributed by atoms with E-state index in [4.69, 9.17) is 0 Å². The summed E-state index contributed by atoms with van der Waals surface area (Å²) in [4.78, 5) is 34.0. The highest BCUT2D eigenvalue weighted by Crippen LogP contribution is 2.21. The van der Waals surface area contributed by atoms with Crippen molar-refractivity contribution >= 4 is 23.9 Å². The summed E-state index contributed by atoms with van der Waals surface area (Å²) in [6, 6.07) is 3.15. The van der Waals surface area contributed by atoms with Crippen molar-refractivity contribution in [3.63, 3.8) is 0 Å². The third-order valence-corrected chi connectivity index (χ3v) is 2.45. The van der Waals surface area contributed by atoms with E-state index in [9.17, 15) is 18.8 Å². The van der Waals surface area contributed by atoms with Gasteiger partial charge in [-0.3, -0.25) is 19.8 Å². The molecule has 1 heterocycles. The van der Waals surface area contributed by atoms with Crippen molar-refractivity contribution in [2.24, 2.45) is 0 Å². The number of anilines is 1. The Labute approximate surface area is 96.2 Å². The molecule has 1 aliphatic rings. The first-order chi connectivity index (χ1) is 8.11. The first-order valence-corrected chi connectivity index (χ1v) is 4.98. The Hall–Kier alpha value is -2.24. The molecule has 1 fully saturated rings. The highest BCUT2D eigenvalue weighted by atomic mass is 19.1. The topological polar surface area (TPSA) is 66.5 Å². The number of aldehydes is 1. The fraction of sp³-hybridized carbons (Fsp3) is 0.182. The quantitative estimate of drug-likeness (QED) is 0.781. The largest absolute Gasteiger partial charge is 0.328 e. The molecule has 0 saturated carbocycles. The second kappa shape index (κ2) is 4.32. The number of urea groups is 1. The summed E-state index contributed by atoms with van der Waals surface area (Å²) in [5.74, 6) is -1.05. The van der Waals surface area contributed by atoms with Crippen LogP contribution in [0, 0.1) is 5.82 Å². The summed E-state index contributed by atoms with van der Waals surface area (Å²) in [6.07, 6.45) is 0.646. The van der Waals surface area contributed by atoms with Gasteiger partial charge in [0, 0.05) is 18.5 Å². The van der Waals surface area contributed by atoms with Gasteiger partial charge in [0.15, 0.2) is 0 Å². The Morgan fingerprint density at radius 2 is 2.12 bits per heavy atom. The van der Waals surface area contributed by atoms with E-state index in [1.54, 1.807) is 0 Å². The first-order valence-electron chi connectivity index (χ1n) is 4.98. The molecule has 1 aromatic carbocycles. The van der Waals surface area contributed by atoms with Crippen LogP contribution in [0.15, 0.2) is 18.2 Å². The van der Waals surface area contributed by atoms with Crippen LogP contribution >= 0.6 is 0 Å². The number of carbonyl (C=O) groups is 3. The fourth-order valence-electron chi connectivity index (χ4n) is 1.61. The van der Waals surface area contributed by atoms with E-state index >= 15 is 0 Å². The zero-order valence-electron chi connectivity index (χ0n) is 8.77. The van der Waals surface area contributed by atoms with E-state index in [-0.39, 0.29) is 30.1 Å². The monoisotopic (exact) mass is 236 g/mol. The van der Waals surface area contributed by atoms with Crippen LogP contribution in [-0.2, 0) is 4.79 Å². The minimum Gasteiger partial charge on any atom is -0.298 e. The maximum Gasteiger partial charge on any atom is 0.328 e. The molecular weight excluding hydrogens is 227 g/mol. The Kier molecular flexibility index (Phi) is 2.86. The lowest BCUT2D eigenvalue weighted by molar-refractivity contribution is -0.120. The number of nitrogens with zero attached hydrogens (tertiary/aromatic N) is 1. The number of amides is 3. The van der Waals surface area contributed by atoms with Gasteiger partial charge in [0.05, 0.1) is 5.69 Å². The summed E-state index contributed by atoms with van der Waals surface area (Å²) < 4.78 is 13.6. The third kappa shape index (κ3) is 2.15. The molecule has 0 atom stereocenters. The van der Waals surface area contributed by atoms with Gasteiger partial charge in [0.2, 0.25) is 5.91 Å². The van der Waals surface area contributed by atoms with Gasteiger partial charge >= 0.3 is 6.03 Å². The highest BCUT2D eigenvalue weighted by molar-refractivity contribution is 6.05. The first kappa shape index (κ1) is 11.3. The predicted molar refractivity (Wildman–Crippen MR) is 57.3 cm³/mol. The van der Waals surface area contributed by atoms with Gasteiger partial charge in [-0.2, -0.15) is 0 Å². The maximum atomic E-state index is 13.6. The van der Waals surface area contributed by atoms with Crippen LogP contribution < -0.4 is 10.2 Å². The second-order valence-corrected chi connectivity index (χ2v) is 3.58. The summed E-state index contributed by atoms with van der Waals surface area (Å²) in [5, 5.41) is 2.10. The van der Waals surface area contributed by atoms with Crippen LogP contribution in [0.25, 0.3) is 0 Å². The maximum absolute atomic E-state index is 13.6. The minimum atomic E-state index is -0.668. The molecule has 1 N–H and O–H groups in total. The van der Waals surface area contributed by atoms with Crippen LogP contribution in [0.1, 0.15) is 16.8 Å². The normalized spacial score (nSPS) is 15.7. The Balaban J connectivity index is 2.31. The van der Waals surface area contributed by atoms with E-state index < -0.39 is 11.8 Å². The van der Waals surface area contributed by atoms with Crippen molar-refractivity contribution in [1.29, 1.82) is 0 Å². The van der Waals surface area contributed by atoms with Gasteiger partial charge < -0.3 is 0 Å². The SMILES string of the molecule is O=Cc1ccc(N2CCC(=O)NC2=O)c(F)c1. The van der Waals surface area contributed by atoms with E-state index in [2.05, 4.69) is 5.32 Å². The van der Waals surface area contributed by atoms with Crippen molar-refractivity contribution in [2.45, 2.75) is 6.42 Å². The minimum absolute atomic E-state index is 0.0561. The van der Waals surface area contributed by atoms with E-state index in [1.165, 1.54) is 12.1 Å². The lowest BCUT2D eigenvalue weighted by atomic mass is 10.2. The molecule has 1 aliphatic heterocycles. The molecule has 0 aromatic heterocycles. The van der Waals surface area contributed by atoms with Crippen molar-refractivity contribution in [2.75, 3.05) is 11.4 Å². The Morgan fingerprint density at radius 1 is 1.35 bits per heavy atom. The highest BCUT2D eigenvalue weighted by Gasteiger charge is 2.26. The van der Waals surface area contributed by atoms with Crippen molar-refractivity contribution in [3.8, 4) is 0 Å². The predicted octanol–water partition coefficient (Wildman–Crippen LogP) is 1.08. The zero-order chi connectivity index (χ0) is 12.4. The van der Waals surface area contributed by atoms with Crippen LogP contribution in [0.2, 0.25) is 0 Å². The zero-order valence-corrected chi connectivity index (χ0v) is 8.77. The van der Waals surface area contributed by atoms with Gasteiger partial charge in [-0.25, -0.2) is 9.18 Å². The fourth-order valence-corrected chi connectivity index (χ4v) is 1.61. The van der Waals surface area contributed by atoms with Crippen LogP contribution in [-0.4, -0.2) is 24.8 Å². The number of halogens is 1. The number of nitrogens with one attached hydrogen (secondary N) is 1. The number of hydrogen-bond acceptors (Lipinski definition) is 3. The van der Waals surface area contributed by atoms with E-state index in [1.807, 2.05) is 0 Å². The van der Waals surface area contributed by atoms with Crippen LogP contribution in [0.5, 0.6) is 0 Å². The van der Waals surface area contributed by atoms with Gasteiger partial charge in [-0.15, -0.1) is 0 Å². The average Bonchev–Trinajstić information content (AvgIpc) is 2.30. The van der Waals surface area contributed by atoms with E-state index in [0.717, 1.165) is 11.0 Å². The molecule has 0 bridgehead atoms. The average molecular weight is 236 g/mol. The molecule has 17 heavy (non-hydrogen) atoms. The van der Waals surface area contributed by atoms with Crippen molar-refractivity contribution in [3.05, 3.63) is 29.6 Å². The van der Waals surface area contributed by atoms with Crippen LogP contribution in [0.3, 0.4) is 0 Å². The number of hydrogen-bond donors (Lipinski definition) is 1. The smallest absolute Gasteiger partial charge is 0.298 e. The number of rotatable bonds is 2. The molecule has 0 aliphatic carbocycles. The lowest BCUT2D eigenvalue weighted by Gasteiger charge is -2.26. The molecule has 0 unspecified atom stereocenters. The van der Waals surface area contributed by atoms with Crippen LogP contribution in [0.4, 0.5) is 14.9 Å². The molecule has 6 heteroatoms. The summed E-state index contributed by atoms with van der Waals surface area (Å²) >= 11 is 0. The molecule has 2 rings (SSSR count). The Bertz CT molecular complexity index is 501. The molecule has 88 valence electrons. The molecule has 5 nitrogen and oxygen atoms in total. The molecule has 1 saturated heterocycles. The van der Waals surface area contributed by atoms with Crippen molar-refractivity contribution in [1.82, 2.24) is 5.32 Å². The van der Waals surface area contributed by atoms with Gasteiger partial charge in [-0.1, -0.05) is 0 Å². The molecule has 1 aromatic rings. The lowest BCUT2D eigenvalue weighted by Crippen LogP contribution is -2.49.